The highest BCUT2D eigenvalue weighted by molar-refractivity contribution is 8.00. The van der Waals surface area contributed by atoms with Gasteiger partial charge in [0.15, 0.2) is 18.5 Å². The molecule has 3 atom stereocenters. The van der Waals surface area contributed by atoms with E-state index in [4.69, 9.17) is 9.47 Å². The molecule has 0 unspecified atom stereocenters. The Labute approximate surface area is 328 Å². The predicted molar refractivity (Wildman–Crippen MR) is 203 cm³/mol. The second-order valence-electron chi connectivity index (χ2n) is 14.8. The molecule has 1 aliphatic rings. The third-order valence-electron chi connectivity index (χ3n) is 8.65. The number of aryl methyl sites for hydroxylation is 2. The number of aromatic amines is 1. The van der Waals surface area contributed by atoms with Gasteiger partial charge in [0.1, 0.15) is 18.3 Å². The van der Waals surface area contributed by atoms with Crippen molar-refractivity contribution in [3.8, 4) is 5.75 Å². The lowest BCUT2D eigenvalue weighted by atomic mass is 9.96. The molecule has 1 saturated heterocycles. The number of amides is 4. The minimum absolute atomic E-state index is 0. The van der Waals surface area contributed by atoms with Gasteiger partial charge in [-0.25, -0.2) is 4.98 Å². The van der Waals surface area contributed by atoms with Crippen molar-refractivity contribution in [1.82, 2.24) is 20.9 Å². The molecule has 4 N–H and O–H groups in total. The normalized spacial score (nSPS) is 15.9. The van der Waals surface area contributed by atoms with E-state index in [1.807, 2.05) is 115 Å². The highest BCUT2D eigenvalue weighted by Crippen LogP contribution is 2.40. The number of nitrogens with zero attached hydrogens (tertiary/aromatic N) is 1. The van der Waals surface area contributed by atoms with E-state index in [9.17, 15) is 24.0 Å². The summed E-state index contributed by atoms with van der Waals surface area (Å²) in [5.41, 5.74) is 2.71. The average Bonchev–Trinajstić information content (AvgIpc) is 3.43. The molecule has 2 heterocycles. The predicted octanol–water partition coefficient (Wildman–Crippen LogP) is 0.831. The van der Waals surface area contributed by atoms with Crippen molar-refractivity contribution in [2.24, 2.45) is 0 Å². The number of benzene rings is 2. The number of thioether (sulfide) groups is 1. The maximum absolute atomic E-state index is 14.7. The summed E-state index contributed by atoms with van der Waals surface area (Å²) in [7, 11) is 0. The molecular formula is C40H52ClN5O7S. The third-order valence-corrected chi connectivity index (χ3v) is 10.0. The molecule has 1 fully saturated rings. The Hall–Kier alpha value is -4.62. The second kappa shape index (κ2) is 19.6. The van der Waals surface area contributed by atoms with Gasteiger partial charge >= 0.3 is 5.97 Å². The largest absolute Gasteiger partial charge is 1.00 e. The van der Waals surface area contributed by atoms with Gasteiger partial charge < -0.3 is 42.7 Å². The van der Waals surface area contributed by atoms with Gasteiger partial charge in [0.2, 0.25) is 17.9 Å². The summed E-state index contributed by atoms with van der Waals surface area (Å²) in [6.07, 6.45) is -0.169. The standard InChI is InChI=1S/C40H51N5O7S.ClH/c1-26-14-13-15-27(2)34(26)51-24-32(47)43-30(22-28-16-9-8-10-17-28)35(52-33(48)20-19-31(46)42-23-29-18-11-12-21-41-29)38(50)45-25-53-40(6,7)36(45)37(49)44-39(3,4)5;/h8-18,21,30,35-36H,19-20,22-25H2,1-7H3,(H,42,46)(H,43,47)(H,44,49);1H/t30-,35-,36+;/m0./s1. The lowest BCUT2D eigenvalue weighted by molar-refractivity contribution is -0.390. The van der Waals surface area contributed by atoms with Crippen LogP contribution in [0, 0.1) is 13.8 Å². The molecule has 54 heavy (non-hydrogen) atoms. The molecule has 1 aliphatic heterocycles. The van der Waals surface area contributed by atoms with Crippen LogP contribution in [0.5, 0.6) is 5.75 Å². The Morgan fingerprint density at radius 3 is 2.22 bits per heavy atom. The first-order valence-corrected chi connectivity index (χ1v) is 18.7. The zero-order valence-corrected chi connectivity index (χ0v) is 33.6. The molecule has 12 nitrogen and oxygen atoms in total. The van der Waals surface area contributed by atoms with E-state index in [2.05, 4.69) is 20.9 Å². The second-order valence-corrected chi connectivity index (χ2v) is 16.4. The topological polar surface area (TPSA) is 157 Å². The summed E-state index contributed by atoms with van der Waals surface area (Å²) in [6, 6.07) is 18.4. The SMILES string of the molecule is Cc1cccc(C)c1OCC(=O)N[C@@H](Cc1ccccc1)[C@H](OC(=O)CCC(=O)NCc1cccc[nH+]1)C(=O)N1CSC(C)(C)[C@H]1C(=O)NC(C)(C)C.[Cl-]. The van der Waals surface area contributed by atoms with Crippen LogP contribution in [0.15, 0.2) is 72.9 Å². The molecule has 3 aromatic rings. The van der Waals surface area contributed by atoms with Crippen LogP contribution < -0.4 is 38.1 Å². The Kier molecular flexibility index (Phi) is 15.9. The van der Waals surface area contributed by atoms with Gasteiger partial charge in [-0.1, -0.05) is 54.6 Å². The molecule has 0 bridgehead atoms. The van der Waals surface area contributed by atoms with Gasteiger partial charge in [-0.3, -0.25) is 24.0 Å². The van der Waals surface area contributed by atoms with Crippen LogP contribution in [0.4, 0.5) is 0 Å². The van der Waals surface area contributed by atoms with Crippen LogP contribution in [0.25, 0.3) is 0 Å². The van der Waals surface area contributed by atoms with E-state index >= 15 is 0 Å². The Balaban J connectivity index is 0.00000784. The van der Waals surface area contributed by atoms with Crippen molar-refractivity contribution in [2.75, 3.05) is 12.5 Å². The van der Waals surface area contributed by atoms with Crippen LogP contribution in [0.1, 0.15) is 69.8 Å². The van der Waals surface area contributed by atoms with E-state index in [0.717, 1.165) is 22.4 Å². The first-order chi connectivity index (χ1) is 25.0. The molecule has 4 amide bonds. The monoisotopic (exact) mass is 781 g/mol. The van der Waals surface area contributed by atoms with Crippen molar-refractivity contribution in [3.05, 3.63) is 95.3 Å². The minimum atomic E-state index is -1.53. The van der Waals surface area contributed by atoms with Gasteiger partial charge in [0.05, 0.1) is 18.3 Å². The van der Waals surface area contributed by atoms with E-state index < -0.39 is 46.3 Å². The lowest BCUT2D eigenvalue weighted by Crippen LogP contribution is -3.00. The summed E-state index contributed by atoms with van der Waals surface area (Å²) in [6.45, 7) is 13.0. The number of aromatic nitrogens is 1. The number of hydrogen-bond acceptors (Lipinski definition) is 8. The maximum Gasteiger partial charge on any atom is 0.307 e. The van der Waals surface area contributed by atoms with Crippen molar-refractivity contribution >= 4 is 41.4 Å². The van der Waals surface area contributed by atoms with Gasteiger partial charge in [-0.2, -0.15) is 0 Å². The molecule has 292 valence electrons. The number of esters is 1. The molecule has 2 aromatic carbocycles. The first kappa shape index (κ1) is 43.8. The number of carbonyl (C=O) groups is 5. The van der Waals surface area contributed by atoms with Crippen molar-refractivity contribution in [2.45, 2.75) is 103 Å². The van der Waals surface area contributed by atoms with Crippen LogP contribution in [0.2, 0.25) is 0 Å². The van der Waals surface area contributed by atoms with E-state index in [1.165, 1.54) is 16.7 Å². The number of rotatable bonds is 15. The van der Waals surface area contributed by atoms with E-state index in [-0.39, 0.29) is 62.5 Å². The van der Waals surface area contributed by atoms with Crippen LogP contribution in [-0.2, 0) is 41.7 Å². The summed E-state index contributed by atoms with van der Waals surface area (Å²) in [4.78, 5) is 72.7. The molecule has 1 aromatic heterocycles. The molecule has 0 aliphatic carbocycles. The molecule has 4 rings (SSSR count). The van der Waals surface area contributed by atoms with Crippen molar-refractivity contribution in [3.63, 3.8) is 0 Å². The van der Waals surface area contributed by atoms with Crippen LogP contribution >= 0.6 is 11.8 Å². The zero-order chi connectivity index (χ0) is 38.8. The fourth-order valence-electron chi connectivity index (χ4n) is 6.07. The molecule has 14 heteroatoms. The number of halogens is 1. The number of para-hydroxylation sites is 1. The highest BCUT2D eigenvalue weighted by atomic mass is 35.5. The lowest BCUT2D eigenvalue weighted by Gasteiger charge is -2.36. The van der Waals surface area contributed by atoms with Gasteiger partial charge in [0.25, 0.3) is 11.8 Å². The van der Waals surface area contributed by atoms with Crippen molar-refractivity contribution < 1.29 is 50.8 Å². The zero-order valence-electron chi connectivity index (χ0n) is 32.0. The number of carbonyl (C=O) groups excluding carboxylic acids is 5. The number of H-pyrrole nitrogens is 1. The minimum Gasteiger partial charge on any atom is -1.00 e. The van der Waals surface area contributed by atoms with Gasteiger partial charge in [0, 0.05) is 28.8 Å². The Morgan fingerprint density at radius 2 is 1.59 bits per heavy atom. The quantitative estimate of drug-likeness (QED) is 0.192. The molecular weight excluding hydrogens is 730 g/mol. The van der Waals surface area contributed by atoms with E-state index in [0.29, 0.717) is 5.75 Å². The number of nitrogens with one attached hydrogen (secondary N) is 4. The fraction of sp³-hybridized carbons (Fsp3) is 0.450. The Morgan fingerprint density at radius 1 is 0.926 bits per heavy atom. The molecule has 0 saturated carbocycles. The van der Waals surface area contributed by atoms with E-state index in [1.54, 1.807) is 6.20 Å². The maximum atomic E-state index is 14.7. The number of hydrogen-bond donors (Lipinski definition) is 3. The summed E-state index contributed by atoms with van der Waals surface area (Å²) < 4.78 is 11.2. The fourth-order valence-corrected chi connectivity index (χ4v) is 7.21. The third kappa shape index (κ3) is 12.8. The highest BCUT2D eigenvalue weighted by Gasteiger charge is 2.51. The average molecular weight is 782 g/mol. The summed E-state index contributed by atoms with van der Waals surface area (Å²) >= 11 is 1.43. The number of pyridine rings is 1. The van der Waals surface area contributed by atoms with Gasteiger partial charge in [-0.05, 0) is 71.6 Å². The molecule has 0 spiro atoms. The van der Waals surface area contributed by atoms with Crippen LogP contribution in [0.3, 0.4) is 0 Å². The van der Waals surface area contributed by atoms with Crippen LogP contribution in [-0.4, -0.2) is 75.5 Å². The first-order valence-electron chi connectivity index (χ1n) is 17.7. The summed E-state index contributed by atoms with van der Waals surface area (Å²) in [5.74, 6) is -1.95. The molecule has 0 radical (unpaired) electrons. The smallest absolute Gasteiger partial charge is 0.307 e. The van der Waals surface area contributed by atoms with Crippen molar-refractivity contribution in [1.29, 1.82) is 0 Å². The number of ether oxygens (including phenoxy) is 2. The van der Waals surface area contributed by atoms with Gasteiger partial charge in [-0.15, -0.1) is 11.8 Å². The summed E-state index contributed by atoms with van der Waals surface area (Å²) in [5, 5.41) is 8.67. The Bertz CT molecular complexity index is 1730.